The summed E-state index contributed by atoms with van der Waals surface area (Å²) in [7, 11) is 0. The molecule has 5 heteroatoms. The number of benzene rings is 1. The van der Waals surface area contributed by atoms with E-state index < -0.39 is 0 Å². The molecule has 2 aromatic heterocycles. The van der Waals surface area contributed by atoms with Crippen LogP contribution in [0.1, 0.15) is 13.8 Å². The Morgan fingerprint density at radius 2 is 2.10 bits per heavy atom. The number of fused-ring (bicyclic) bond motifs is 1. The summed E-state index contributed by atoms with van der Waals surface area (Å²) in [5.74, 6) is 1.24. The molecule has 0 aliphatic carbocycles. The number of nitrogens with zero attached hydrogens (tertiary/aromatic N) is 2. The monoisotopic (exact) mass is 287 g/mol. The van der Waals surface area contributed by atoms with Crippen molar-refractivity contribution in [3.8, 4) is 16.3 Å². The fourth-order valence-electron chi connectivity index (χ4n) is 2.30. The van der Waals surface area contributed by atoms with Crippen molar-refractivity contribution in [3.05, 3.63) is 30.5 Å². The molecule has 20 heavy (non-hydrogen) atoms. The van der Waals surface area contributed by atoms with Crippen LogP contribution in [0.3, 0.4) is 0 Å². The van der Waals surface area contributed by atoms with Gasteiger partial charge in [0, 0.05) is 12.7 Å². The van der Waals surface area contributed by atoms with Crippen molar-refractivity contribution in [2.45, 2.75) is 20.4 Å². The van der Waals surface area contributed by atoms with Crippen molar-refractivity contribution < 1.29 is 5.11 Å². The highest BCUT2D eigenvalue weighted by Crippen LogP contribution is 2.40. The number of aromatic nitrogens is 2. The molecule has 1 aromatic carbocycles. The first kappa shape index (κ1) is 13.0. The van der Waals surface area contributed by atoms with E-state index in [2.05, 4.69) is 18.8 Å². The summed E-state index contributed by atoms with van der Waals surface area (Å²) in [5, 5.41) is 10.9. The molecule has 3 rings (SSSR count). The summed E-state index contributed by atoms with van der Waals surface area (Å²) >= 11 is 1.55. The molecule has 104 valence electrons. The molecular weight excluding hydrogens is 270 g/mol. The van der Waals surface area contributed by atoms with Crippen molar-refractivity contribution in [2.75, 3.05) is 5.73 Å². The first-order valence-corrected chi connectivity index (χ1v) is 7.41. The molecule has 0 saturated heterocycles. The lowest BCUT2D eigenvalue weighted by Crippen LogP contribution is -2.06. The van der Waals surface area contributed by atoms with Crippen LogP contribution in [0.25, 0.3) is 20.8 Å². The first-order chi connectivity index (χ1) is 9.56. The Kier molecular flexibility index (Phi) is 3.14. The topological polar surface area (TPSA) is 64.1 Å². The van der Waals surface area contributed by atoms with Gasteiger partial charge in [0.25, 0.3) is 0 Å². The molecule has 0 unspecified atom stereocenters. The number of rotatable bonds is 3. The third kappa shape index (κ3) is 2.14. The molecule has 0 aliphatic heterocycles. The number of para-hydroxylation sites is 1. The third-order valence-corrected chi connectivity index (χ3v) is 4.22. The maximum atomic E-state index is 10.2. The summed E-state index contributed by atoms with van der Waals surface area (Å²) in [4.78, 5) is 4.56. The average molecular weight is 287 g/mol. The average Bonchev–Trinajstić information content (AvgIpc) is 2.90. The van der Waals surface area contributed by atoms with Gasteiger partial charge in [0.2, 0.25) is 0 Å². The Morgan fingerprint density at radius 3 is 2.80 bits per heavy atom. The van der Waals surface area contributed by atoms with E-state index in [1.54, 1.807) is 17.5 Å². The van der Waals surface area contributed by atoms with Crippen LogP contribution in [0.4, 0.5) is 5.82 Å². The zero-order valence-electron chi connectivity index (χ0n) is 11.5. The van der Waals surface area contributed by atoms with Gasteiger partial charge in [-0.1, -0.05) is 26.0 Å². The van der Waals surface area contributed by atoms with Gasteiger partial charge in [-0.25, -0.2) is 4.98 Å². The largest absolute Gasteiger partial charge is 0.506 e. The van der Waals surface area contributed by atoms with Gasteiger partial charge in [-0.2, -0.15) is 0 Å². The summed E-state index contributed by atoms with van der Waals surface area (Å²) in [6.45, 7) is 5.02. The van der Waals surface area contributed by atoms with Gasteiger partial charge in [0.1, 0.15) is 16.6 Å². The minimum absolute atomic E-state index is 0.196. The first-order valence-electron chi connectivity index (χ1n) is 6.59. The van der Waals surface area contributed by atoms with E-state index in [-0.39, 0.29) is 5.75 Å². The van der Waals surface area contributed by atoms with Gasteiger partial charge in [0.15, 0.2) is 0 Å². The highest BCUT2D eigenvalue weighted by atomic mass is 32.1. The predicted octanol–water partition coefficient (Wildman–Crippen LogP) is 3.71. The van der Waals surface area contributed by atoms with Gasteiger partial charge in [-0.3, -0.25) is 0 Å². The molecular formula is C15H17N3OS. The SMILES string of the molecule is CC(C)Cn1cc(O)c(-c2nc3ccccc3s2)c1N. The normalized spacial score (nSPS) is 11.6. The number of hydrogen-bond acceptors (Lipinski definition) is 4. The molecule has 0 bridgehead atoms. The fourth-order valence-corrected chi connectivity index (χ4v) is 3.33. The summed E-state index contributed by atoms with van der Waals surface area (Å²) in [5.41, 5.74) is 7.75. The van der Waals surface area contributed by atoms with Crippen LogP contribution in [0.5, 0.6) is 5.75 Å². The van der Waals surface area contributed by atoms with Gasteiger partial charge < -0.3 is 15.4 Å². The number of anilines is 1. The number of hydrogen-bond donors (Lipinski definition) is 2. The highest BCUT2D eigenvalue weighted by molar-refractivity contribution is 7.21. The Balaban J connectivity index is 2.11. The second-order valence-electron chi connectivity index (χ2n) is 5.31. The van der Waals surface area contributed by atoms with Crippen LogP contribution >= 0.6 is 11.3 Å². The number of nitrogens with two attached hydrogens (primary N) is 1. The lowest BCUT2D eigenvalue weighted by atomic mass is 10.2. The van der Waals surface area contributed by atoms with Crippen LogP contribution in [0.15, 0.2) is 30.5 Å². The Morgan fingerprint density at radius 1 is 1.35 bits per heavy atom. The van der Waals surface area contributed by atoms with E-state index >= 15 is 0 Å². The van der Waals surface area contributed by atoms with Crippen LogP contribution in [0.2, 0.25) is 0 Å². The maximum absolute atomic E-state index is 10.2. The van der Waals surface area contributed by atoms with Gasteiger partial charge >= 0.3 is 0 Å². The van der Waals surface area contributed by atoms with Crippen LogP contribution < -0.4 is 5.73 Å². The summed E-state index contributed by atoms with van der Waals surface area (Å²) < 4.78 is 2.99. The van der Waals surface area contributed by atoms with E-state index in [0.29, 0.717) is 17.3 Å². The Labute approximate surface area is 121 Å². The zero-order valence-corrected chi connectivity index (χ0v) is 12.3. The van der Waals surface area contributed by atoms with Gasteiger partial charge in [0.05, 0.1) is 15.8 Å². The van der Waals surface area contributed by atoms with Crippen molar-refractivity contribution in [2.24, 2.45) is 5.92 Å². The van der Waals surface area contributed by atoms with Crippen LogP contribution in [-0.4, -0.2) is 14.7 Å². The molecule has 4 nitrogen and oxygen atoms in total. The maximum Gasteiger partial charge on any atom is 0.145 e. The predicted molar refractivity (Wildman–Crippen MR) is 84.0 cm³/mol. The summed E-state index contributed by atoms with van der Waals surface area (Å²) in [6, 6.07) is 7.93. The standard InChI is InChI=1S/C15H17N3OS/c1-9(2)7-18-8-11(19)13(14(18)16)15-17-10-5-3-4-6-12(10)20-15/h3-6,8-9,19H,7,16H2,1-2H3. The van der Waals surface area contributed by atoms with Crippen molar-refractivity contribution in [1.82, 2.24) is 9.55 Å². The van der Waals surface area contributed by atoms with Crippen molar-refractivity contribution >= 4 is 27.4 Å². The van der Waals surface area contributed by atoms with E-state index in [1.807, 2.05) is 28.8 Å². The van der Waals surface area contributed by atoms with Crippen LogP contribution in [-0.2, 0) is 6.54 Å². The molecule has 0 fully saturated rings. The summed E-state index contributed by atoms with van der Waals surface area (Å²) in [6.07, 6.45) is 1.69. The van der Waals surface area contributed by atoms with Gasteiger partial charge in [-0.15, -0.1) is 11.3 Å². The molecule has 0 saturated carbocycles. The molecule has 0 spiro atoms. The quantitative estimate of drug-likeness (QED) is 0.772. The molecule has 0 amide bonds. The second kappa shape index (κ2) is 4.83. The minimum Gasteiger partial charge on any atom is -0.506 e. The van der Waals surface area contributed by atoms with E-state index in [0.717, 1.165) is 21.8 Å². The molecule has 2 heterocycles. The van der Waals surface area contributed by atoms with Crippen molar-refractivity contribution in [1.29, 1.82) is 0 Å². The Hall–Kier alpha value is -2.01. The molecule has 3 aromatic rings. The number of thiazole rings is 1. The fraction of sp³-hybridized carbons (Fsp3) is 0.267. The van der Waals surface area contributed by atoms with Crippen molar-refractivity contribution in [3.63, 3.8) is 0 Å². The molecule has 0 radical (unpaired) electrons. The zero-order chi connectivity index (χ0) is 14.3. The molecule has 0 atom stereocenters. The molecule has 3 N–H and O–H groups in total. The Bertz CT molecular complexity index is 725. The number of aromatic hydroxyl groups is 1. The van der Waals surface area contributed by atoms with Gasteiger partial charge in [-0.05, 0) is 18.1 Å². The van der Waals surface area contributed by atoms with E-state index in [1.165, 1.54) is 0 Å². The smallest absolute Gasteiger partial charge is 0.145 e. The minimum atomic E-state index is 0.196. The lowest BCUT2D eigenvalue weighted by Gasteiger charge is -2.08. The van der Waals surface area contributed by atoms with E-state index in [4.69, 9.17) is 5.73 Å². The van der Waals surface area contributed by atoms with Crippen LogP contribution in [0, 0.1) is 5.92 Å². The second-order valence-corrected chi connectivity index (χ2v) is 6.34. The number of nitrogen functional groups attached to an aromatic ring is 1. The lowest BCUT2D eigenvalue weighted by molar-refractivity contribution is 0.469. The van der Waals surface area contributed by atoms with E-state index in [9.17, 15) is 5.11 Å². The highest BCUT2D eigenvalue weighted by Gasteiger charge is 2.18. The third-order valence-electron chi connectivity index (χ3n) is 3.17. The molecule has 0 aliphatic rings.